The van der Waals surface area contributed by atoms with Gasteiger partial charge in [-0.1, -0.05) is 71.4 Å². The van der Waals surface area contributed by atoms with Gasteiger partial charge in [0.25, 0.3) is 0 Å². The van der Waals surface area contributed by atoms with Gasteiger partial charge in [-0.2, -0.15) is 5.26 Å². The highest BCUT2D eigenvalue weighted by Crippen LogP contribution is 2.28. The van der Waals surface area contributed by atoms with Crippen LogP contribution in [-0.2, 0) is 11.2 Å². The number of halogens is 1. The van der Waals surface area contributed by atoms with Gasteiger partial charge in [0.2, 0.25) is 5.91 Å². The zero-order valence-corrected chi connectivity index (χ0v) is 21.8. The van der Waals surface area contributed by atoms with Crippen LogP contribution in [0.15, 0.2) is 89.5 Å². The minimum absolute atomic E-state index is 0.00159. The molecule has 0 aliphatic carbocycles. The Labute approximate surface area is 222 Å². The maximum absolute atomic E-state index is 13.3. The van der Waals surface area contributed by atoms with Gasteiger partial charge in [0.15, 0.2) is 11.6 Å². The monoisotopic (exact) mass is 512 g/mol. The lowest BCUT2D eigenvalue weighted by Gasteiger charge is -2.33. The lowest BCUT2D eigenvalue weighted by molar-refractivity contribution is -0.121. The van der Waals surface area contributed by atoms with Crippen LogP contribution in [0, 0.1) is 11.3 Å². The van der Waals surface area contributed by atoms with Crippen molar-refractivity contribution in [1.82, 2.24) is 10.5 Å². The van der Waals surface area contributed by atoms with E-state index in [0.29, 0.717) is 28.6 Å². The number of nitriles is 1. The summed E-state index contributed by atoms with van der Waals surface area (Å²) in [4.78, 5) is 13.3. The van der Waals surface area contributed by atoms with E-state index in [1.165, 1.54) is 0 Å². The number of hydrogen-bond acceptors (Lipinski definition) is 5. The Hall–Kier alpha value is -3.92. The van der Waals surface area contributed by atoms with Crippen LogP contribution in [-0.4, -0.2) is 22.6 Å². The summed E-state index contributed by atoms with van der Waals surface area (Å²) in [6, 6.07) is 28.8. The van der Waals surface area contributed by atoms with Crippen molar-refractivity contribution in [3.05, 3.63) is 107 Å². The summed E-state index contributed by atoms with van der Waals surface area (Å²) in [5.74, 6) is 0.697. The first-order chi connectivity index (χ1) is 17.7. The van der Waals surface area contributed by atoms with E-state index in [9.17, 15) is 10.1 Å². The zero-order valence-electron chi connectivity index (χ0n) is 21.0. The summed E-state index contributed by atoms with van der Waals surface area (Å²) < 4.78 is 5.42. The minimum Gasteiger partial charge on any atom is -0.354 e. The fourth-order valence-corrected chi connectivity index (χ4v) is 4.50. The Morgan fingerprint density at radius 3 is 2.49 bits per heavy atom. The first-order valence-corrected chi connectivity index (χ1v) is 12.5. The normalized spacial score (nSPS) is 12.9. The van der Waals surface area contributed by atoms with Crippen LogP contribution < -0.4 is 10.6 Å². The second-order valence-corrected chi connectivity index (χ2v) is 10.1. The molecule has 4 rings (SSSR count). The van der Waals surface area contributed by atoms with Crippen LogP contribution in [0.5, 0.6) is 0 Å². The quantitative estimate of drug-likeness (QED) is 0.264. The predicted molar refractivity (Wildman–Crippen MR) is 146 cm³/mol. The molecule has 2 atom stereocenters. The summed E-state index contributed by atoms with van der Waals surface area (Å²) in [7, 11) is 0. The van der Waals surface area contributed by atoms with E-state index < -0.39 is 5.54 Å². The van der Waals surface area contributed by atoms with E-state index in [-0.39, 0.29) is 17.9 Å². The molecule has 6 nitrogen and oxygen atoms in total. The molecule has 188 valence electrons. The minimum atomic E-state index is -0.920. The summed E-state index contributed by atoms with van der Waals surface area (Å²) in [5, 5.41) is 20.5. The van der Waals surface area contributed by atoms with Gasteiger partial charge >= 0.3 is 0 Å². The van der Waals surface area contributed by atoms with E-state index in [0.717, 1.165) is 16.7 Å². The van der Waals surface area contributed by atoms with Crippen molar-refractivity contribution in [3.63, 3.8) is 0 Å². The highest BCUT2D eigenvalue weighted by Gasteiger charge is 2.33. The molecular formula is C30H29ClN4O2. The summed E-state index contributed by atoms with van der Waals surface area (Å²) in [6.07, 6.45) is 0.710. The average molecular weight is 513 g/mol. The molecule has 7 heteroatoms. The number of rotatable bonds is 9. The van der Waals surface area contributed by atoms with Crippen molar-refractivity contribution in [1.29, 1.82) is 5.26 Å². The van der Waals surface area contributed by atoms with Crippen LogP contribution in [0.1, 0.15) is 43.4 Å². The molecule has 1 amide bonds. The van der Waals surface area contributed by atoms with Crippen LogP contribution in [0.3, 0.4) is 0 Å². The first-order valence-electron chi connectivity index (χ1n) is 12.1. The Bertz CT molecular complexity index is 1390. The fraction of sp³-hybridized carbons (Fsp3) is 0.233. The van der Waals surface area contributed by atoms with Gasteiger partial charge in [-0.05, 0) is 62.6 Å². The van der Waals surface area contributed by atoms with Crippen LogP contribution in [0.25, 0.3) is 11.3 Å². The molecule has 1 aromatic heterocycles. The fourth-order valence-electron chi connectivity index (χ4n) is 4.38. The first kappa shape index (κ1) is 26.2. The van der Waals surface area contributed by atoms with Crippen molar-refractivity contribution in [3.8, 4) is 17.4 Å². The summed E-state index contributed by atoms with van der Waals surface area (Å²) in [6.45, 7) is 5.72. The number of aromatic nitrogens is 1. The van der Waals surface area contributed by atoms with Crippen molar-refractivity contribution in [2.45, 2.75) is 44.7 Å². The molecule has 0 radical (unpaired) electrons. The zero-order chi connectivity index (χ0) is 26.4. The maximum atomic E-state index is 13.3. The molecule has 0 unspecified atom stereocenters. The molecule has 37 heavy (non-hydrogen) atoms. The molecule has 1 heterocycles. The van der Waals surface area contributed by atoms with Gasteiger partial charge in [0.1, 0.15) is 0 Å². The second kappa shape index (κ2) is 11.4. The standard InChI is InChI=1S/C30H29ClN4O2/c1-20(26(17-21-12-14-25(31)15-13-21)24-11-7-8-22(16-24)19-32)34-30(2,3)29(36)33-28-18-27(37-35-28)23-9-5-4-6-10-23/h4-16,18,20,26,34H,17H2,1-3H3,(H,33,35,36)/t20-,26+/m0/s1. The number of anilines is 1. The van der Waals surface area contributed by atoms with Crippen molar-refractivity contribution in [2.24, 2.45) is 0 Å². The van der Waals surface area contributed by atoms with E-state index in [4.69, 9.17) is 16.1 Å². The highest BCUT2D eigenvalue weighted by molar-refractivity contribution is 6.30. The lowest BCUT2D eigenvalue weighted by atomic mass is 9.84. The van der Waals surface area contributed by atoms with Gasteiger partial charge in [-0.3, -0.25) is 4.79 Å². The van der Waals surface area contributed by atoms with Gasteiger partial charge in [-0.15, -0.1) is 0 Å². The molecule has 3 aromatic carbocycles. The third-order valence-corrected chi connectivity index (χ3v) is 6.63. The van der Waals surface area contributed by atoms with Crippen molar-refractivity contribution >= 4 is 23.3 Å². The third kappa shape index (κ3) is 6.65. The molecule has 0 fully saturated rings. The highest BCUT2D eigenvalue weighted by atomic mass is 35.5. The van der Waals surface area contributed by atoms with E-state index in [1.54, 1.807) is 12.1 Å². The third-order valence-electron chi connectivity index (χ3n) is 6.38. The van der Waals surface area contributed by atoms with Gasteiger partial charge in [-0.25, -0.2) is 0 Å². The molecule has 0 spiro atoms. The molecule has 4 aromatic rings. The van der Waals surface area contributed by atoms with E-state index >= 15 is 0 Å². The molecule has 2 N–H and O–H groups in total. The number of hydrogen-bond donors (Lipinski definition) is 2. The summed E-state index contributed by atoms with van der Waals surface area (Å²) >= 11 is 6.09. The van der Waals surface area contributed by atoms with E-state index in [2.05, 4.69) is 28.8 Å². The molecule has 0 saturated heterocycles. The number of benzene rings is 3. The Kier molecular flexibility index (Phi) is 8.08. The summed E-state index contributed by atoms with van der Waals surface area (Å²) in [5.41, 5.74) is 2.70. The predicted octanol–water partition coefficient (Wildman–Crippen LogP) is 6.59. The average Bonchev–Trinajstić information content (AvgIpc) is 3.37. The Morgan fingerprint density at radius 1 is 1.05 bits per heavy atom. The number of nitrogens with one attached hydrogen (secondary N) is 2. The van der Waals surface area contributed by atoms with Crippen molar-refractivity contribution in [2.75, 3.05) is 5.32 Å². The van der Waals surface area contributed by atoms with E-state index in [1.807, 2.05) is 86.6 Å². The molecule has 0 aliphatic heterocycles. The Morgan fingerprint density at radius 2 is 1.78 bits per heavy atom. The SMILES string of the molecule is C[C@H](NC(C)(C)C(=O)Nc1cc(-c2ccccc2)on1)[C@@H](Cc1ccc(Cl)cc1)c1cccc(C#N)c1. The largest absolute Gasteiger partial charge is 0.354 e. The molecule has 0 saturated carbocycles. The van der Waals surface area contributed by atoms with Crippen LogP contribution >= 0.6 is 11.6 Å². The van der Waals surface area contributed by atoms with Crippen LogP contribution in [0.2, 0.25) is 5.02 Å². The number of carbonyl (C=O) groups is 1. The lowest BCUT2D eigenvalue weighted by Crippen LogP contribution is -2.54. The Balaban J connectivity index is 1.51. The number of nitrogens with zero attached hydrogens (tertiary/aromatic N) is 2. The number of amides is 1. The van der Waals surface area contributed by atoms with Gasteiger partial charge < -0.3 is 15.2 Å². The van der Waals surface area contributed by atoms with Crippen molar-refractivity contribution < 1.29 is 9.32 Å². The second-order valence-electron chi connectivity index (χ2n) is 9.63. The maximum Gasteiger partial charge on any atom is 0.245 e. The molecule has 0 aliphatic rings. The topological polar surface area (TPSA) is 90.9 Å². The smallest absolute Gasteiger partial charge is 0.245 e. The number of carbonyl (C=O) groups excluding carboxylic acids is 1. The van der Waals surface area contributed by atoms with Crippen LogP contribution in [0.4, 0.5) is 5.82 Å². The molecule has 0 bridgehead atoms. The van der Waals surface area contributed by atoms with Gasteiger partial charge in [0, 0.05) is 28.6 Å². The molecular weight excluding hydrogens is 484 g/mol. The van der Waals surface area contributed by atoms with Gasteiger partial charge in [0.05, 0.1) is 17.2 Å².